The van der Waals surface area contributed by atoms with Gasteiger partial charge in [-0.3, -0.25) is 9.59 Å². The molecule has 3 aliphatic rings. The first kappa shape index (κ1) is 18.5. The maximum absolute atomic E-state index is 13.4. The Hall–Kier alpha value is -1.88. The lowest BCUT2D eigenvalue weighted by molar-refractivity contribution is -0.143. The number of aryl methyl sites for hydroxylation is 1. The molecule has 2 atom stereocenters. The van der Waals surface area contributed by atoms with Crippen LogP contribution in [0.15, 0.2) is 24.3 Å². The van der Waals surface area contributed by atoms with Gasteiger partial charge in [0, 0.05) is 38.6 Å². The highest BCUT2D eigenvalue weighted by atomic mass is 16.2. The fourth-order valence-electron chi connectivity index (χ4n) is 4.44. The largest absolute Gasteiger partial charge is 0.342 e. The number of likely N-dealkylation sites (tertiary alicyclic amines) is 1. The molecule has 2 aliphatic heterocycles. The first-order chi connectivity index (χ1) is 13.2. The molecule has 146 valence electrons. The van der Waals surface area contributed by atoms with Gasteiger partial charge in [0.05, 0.1) is 12.0 Å². The van der Waals surface area contributed by atoms with Crippen molar-refractivity contribution in [2.75, 3.05) is 32.7 Å². The standard InChI is InChI=1S/C22H31N3O2/c1-2-16-5-7-17(8-6-16)20-14-23-11-13-25(20)22(27)19-4-3-12-24(15-19)21(26)18-9-10-18/h5-8,18-20,23H,2-4,9-15H2,1H3. The quantitative estimate of drug-likeness (QED) is 0.887. The number of carbonyl (C=O) groups excluding carboxylic acids is 2. The molecule has 5 heteroatoms. The first-order valence-corrected chi connectivity index (χ1v) is 10.6. The summed E-state index contributed by atoms with van der Waals surface area (Å²) in [6.07, 6.45) is 4.93. The molecular formula is C22H31N3O2. The van der Waals surface area contributed by atoms with Crippen molar-refractivity contribution in [3.8, 4) is 0 Å². The maximum Gasteiger partial charge on any atom is 0.228 e. The van der Waals surface area contributed by atoms with Gasteiger partial charge in [-0.15, -0.1) is 0 Å². The number of nitrogens with zero attached hydrogens (tertiary/aromatic N) is 2. The number of benzene rings is 1. The van der Waals surface area contributed by atoms with Crippen LogP contribution in [0.1, 0.15) is 49.8 Å². The Labute approximate surface area is 162 Å². The lowest BCUT2D eigenvalue weighted by Crippen LogP contribution is -2.53. The molecule has 27 heavy (non-hydrogen) atoms. The van der Waals surface area contributed by atoms with Crippen molar-refractivity contribution < 1.29 is 9.59 Å². The Balaban J connectivity index is 1.47. The van der Waals surface area contributed by atoms with Gasteiger partial charge in [-0.1, -0.05) is 31.2 Å². The number of hydrogen-bond donors (Lipinski definition) is 1. The molecule has 0 aromatic heterocycles. The number of rotatable bonds is 4. The van der Waals surface area contributed by atoms with Crippen molar-refractivity contribution in [1.82, 2.24) is 15.1 Å². The lowest BCUT2D eigenvalue weighted by atomic mass is 9.93. The highest BCUT2D eigenvalue weighted by Gasteiger charge is 2.39. The summed E-state index contributed by atoms with van der Waals surface area (Å²) >= 11 is 0. The Morgan fingerprint density at radius 1 is 1.04 bits per heavy atom. The molecule has 1 aliphatic carbocycles. The molecule has 1 aromatic carbocycles. The fraction of sp³-hybridized carbons (Fsp3) is 0.636. The third-order valence-electron chi connectivity index (χ3n) is 6.31. The van der Waals surface area contributed by atoms with Gasteiger partial charge < -0.3 is 15.1 Å². The van der Waals surface area contributed by atoms with E-state index < -0.39 is 0 Å². The van der Waals surface area contributed by atoms with Gasteiger partial charge >= 0.3 is 0 Å². The Morgan fingerprint density at radius 3 is 2.52 bits per heavy atom. The van der Waals surface area contributed by atoms with Crippen molar-refractivity contribution in [2.45, 2.75) is 45.1 Å². The number of amides is 2. The molecule has 4 rings (SSSR count). The van der Waals surface area contributed by atoms with E-state index in [2.05, 4.69) is 41.4 Å². The summed E-state index contributed by atoms with van der Waals surface area (Å²) in [5, 5.41) is 3.44. The third kappa shape index (κ3) is 4.03. The summed E-state index contributed by atoms with van der Waals surface area (Å²) in [4.78, 5) is 29.8. The third-order valence-corrected chi connectivity index (χ3v) is 6.31. The number of piperazine rings is 1. The predicted molar refractivity (Wildman–Crippen MR) is 105 cm³/mol. The topological polar surface area (TPSA) is 52.7 Å². The van der Waals surface area contributed by atoms with E-state index >= 15 is 0 Å². The number of carbonyl (C=O) groups is 2. The highest BCUT2D eigenvalue weighted by Crippen LogP contribution is 2.33. The van der Waals surface area contributed by atoms with E-state index in [1.54, 1.807) is 0 Å². The highest BCUT2D eigenvalue weighted by molar-refractivity contribution is 5.84. The van der Waals surface area contributed by atoms with Gasteiger partial charge in [0.15, 0.2) is 0 Å². The molecule has 1 N–H and O–H groups in total. The summed E-state index contributed by atoms with van der Waals surface area (Å²) in [6, 6.07) is 8.76. The van der Waals surface area contributed by atoms with Crippen molar-refractivity contribution in [2.24, 2.45) is 11.8 Å². The second-order valence-corrected chi connectivity index (χ2v) is 8.24. The lowest BCUT2D eigenvalue weighted by Gasteiger charge is -2.41. The number of hydrogen-bond acceptors (Lipinski definition) is 3. The first-order valence-electron chi connectivity index (χ1n) is 10.6. The monoisotopic (exact) mass is 369 g/mol. The van der Waals surface area contributed by atoms with Crippen LogP contribution in [0.4, 0.5) is 0 Å². The molecule has 1 aromatic rings. The van der Waals surface area contributed by atoms with Crippen LogP contribution in [0.2, 0.25) is 0 Å². The molecular weight excluding hydrogens is 338 g/mol. The van der Waals surface area contributed by atoms with Gasteiger partial charge in [-0.05, 0) is 43.2 Å². The number of nitrogens with one attached hydrogen (secondary N) is 1. The van der Waals surface area contributed by atoms with E-state index in [4.69, 9.17) is 0 Å². The molecule has 0 spiro atoms. The van der Waals surface area contributed by atoms with E-state index in [1.807, 2.05) is 4.90 Å². The minimum atomic E-state index is -0.0445. The van der Waals surface area contributed by atoms with E-state index in [0.29, 0.717) is 6.54 Å². The second-order valence-electron chi connectivity index (χ2n) is 8.24. The van der Waals surface area contributed by atoms with Crippen molar-refractivity contribution >= 4 is 11.8 Å². The van der Waals surface area contributed by atoms with Crippen molar-refractivity contribution in [3.63, 3.8) is 0 Å². The van der Waals surface area contributed by atoms with E-state index in [1.165, 1.54) is 11.1 Å². The van der Waals surface area contributed by atoms with Gasteiger partial charge in [-0.25, -0.2) is 0 Å². The zero-order chi connectivity index (χ0) is 18.8. The molecule has 5 nitrogen and oxygen atoms in total. The van der Waals surface area contributed by atoms with Crippen LogP contribution in [0.5, 0.6) is 0 Å². The molecule has 0 radical (unpaired) electrons. The van der Waals surface area contributed by atoms with Gasteiger partial charge in [-0.2, -0.15) is 0 Å². The Bertz CT molecular complexity index is 683. The second kappa shape index (κ2) is 8.01. The summed E-state index contributed by atoms with van der Waals surface area (Å²) in [5.74, 6) is 0.703. The van der Waals surface area contributed by atoms with Crippen molar-refractivity contribution in [1.29, 1.82) is 0 Å². The number of piperidine rings is 1. The van der Waals surface area contributed by atoms with Crippen LogP contribution in [-0.2, 0) is 16.0 Å². The van der Waals surface area contributed by atoms with Crippen LogP contribution in [0.25, 0.3) is 0 Å². The van der Waals surface area contributed by atoms with Gasteiger partial charge in [0.25, 0.3) is 0 Å². The summed E-state index contributed by atoms with van der Waals surface area (Å²) in [7, 11) is 0. The molecule has 2 saturated heterocycles. The SMILES string of the molecule is CCc1ccc(C2CNCCN2C(=O)C2CCCN(C(=O)C3CC3)C2)cc1. The molecule has 3 fully saturated rings. The molecule has 2 heterocycles. The summed E-state index contributed by atoms with van der Waals surface area (Å²) < 4.78 is 0. The van der Waals surface area contributed by atoms with Crippen LogP contribution in [0, 0.1) is 11.8 Å². The normalized spacial score (nSPS) is 26.1. The minimum absolute atomic E-state index is 0.0445. The van der Waals surface area contributed by atoms with Gasteiger partial charge in [0.1, 0.15) is 0 Å². The average Bonchev–Trinajstić information content (AvgIpc) is 3.58. The molecule has 2 unspecified atom stereocenters. The predicted octanol–water partition coefficient (Wildman–Crippen LogP) is 2.37. The average molecular weight is 370 g/mol. The molecule has 1 saturated carbocycles. The van der Waals surface area contributed by atoms with Crippen LogP contribution in [0.3, 0.4) is 0 Å². The molecule has 0 bridgehead atoms. The Morgan fingerprint density at radius 2 is 1.81 bits per heavy atom. The van der Waals surface area contributed by atoms with E-state index in [9.17, 15) is 9.59 Å². The molecule has 2 amide bonds. The van der Waals surface area contributed by atoms with Crippen LogP contribution in [-0.4, -0.2) is 54.3 Å². The van der Waals surface area contributed by atoms with Crippen molar-refractivity contribution in [3.05, 3.63) is 35.4 Å². The summed E-state index contributed by atoms with van der Waals surface area (Å²) in [6.45, 7) is 5.97. The summed E-state index contributed by atoms with van der Waals surface area (Å²) in [5.41, 5.74) is 2.52. The smallest absolute Gasteiger partial charge is 0.228 e. The van der Waals surface area contributed by atoms with Crippen LogP contribution >= 0.6 is 0 Å². The zero-order valence-electron chi connectivity index (χ0n) is 16.3. The van der Waals surface area contributed by atoms with Crippen LogP contribution < -0.4 is 5.32 Å². The zero-order valence-corrected chi connectivity index (χ0v) is 16.3. The maximum atomic E-state index is 13.4. The van der Waals surface area contributed by atoms with Gasteiger partial charge in [0.2, 0.25) is 11.8 Å². The fourth-order valence-corrected chi connectivity index (χ4v) is 4.44. The van der Waals surface area contributed by atoms with E-state index in [-0.39, 0.29) is 29.7 Å². The van der Waals surface area contributed by atoms with E-state index in [0.717, 1.165) is 58.3 Å². The minimum Gasteiger partial charge on any atom is -0.342 e. The Kier molecular flexibility index (Phi) is 5.48.